The fourth-order valence-electron chi connectivity index (χ4n) is 2.08. The summed E-state index contributed by atoms with van der Waals surface area (Å²) in [5, 5.41) is 10.9. The first-order valence-electron chi connectivity index (χ1n) is 7.62. The number of rotatable bonds is 7. The van der Waals surface area contributed by atoms with Crippen LogP contribution in [0.15, 0.2) is 47.5 Å². The molecule has 0 radical (unpaired) electrons. The molecule has 0 bridgehead atoms. The van der Waals surface area contributed by atoms with Crippen LogP contribution < -0.4 is 4.74 Å². The third-order valence-electron chi connectivity index (χ3n) is 3.47. The minimum absolute atomic E-state index is 0.0827. The molecule has 5 heteroatoms. The number of ether oxygens (including phenoxy) is 1. The van der Waals surface area contributed by atoms with Gasteiger partial charge in [-0.2, -0.15) is 0 Å². The summed E-state index contributed by atoms with van der Waals surface area (Å²) in [6, 6.07) is 12.5. The zero-order chi connectivity index (χ0) is 16.7. The van der Waals surface area contributed by atoms with E-state index in [4.69, 9.17) is 4.74 Å². The fourth-order valence-corrected chi connectivity index (χ4v) is 2.08. The lowest BCUT2D eigenvalue weighted by Gasteiger charge is -2.05. The molecule has 0 saturated heterocycles. The van der Waals surface area contributed by atoms with Gasteiger partial charge in [-0.05, 0) is 49.2 Å². The van der Waals surface area contributed by atoms with Crippen LogP contribution in [0.5, 0.6) is 5.75 Å². The molecule has 2 aromatic rings. The molecule has 0 aliphatic rings. The normalized spacial score (nSPS) is 10.9. The van der Waals surface area contributed by atoms with E-state index in [1.165, 1.54) is 6.07 Å². The van der Waals surface area contributed by atoms with Gasteiger partial charge in [0.1, 0.15) is 5.75 Å². The van der Waals surface area contributed by atoms with Gasteiger partial charge in [0.2, 0.25) is 0 Å². The van der Waals surface area contributed by atoms with Crippen LogP contribution >= 0.6 is 0 Å². The third-order valence-corrected chi connectivity index (χ3v) is 3.47. The predicted octanol–water partition coefficient (Wildman–Crippen LogP) is 4.83. The Morgan fingerprint density at radius 2 is 1.96 bits per heavy atom. The minimum Gasteiger partial charge on any atom is -0.494 e. The number of nitro groups is 1. The monoisotopic (exact) mass is 312 g/mol. The summed E-state index contributed by atoms with van der Waals surface area (Å²) in [6.45, 7) is 4.55. The zero-order valence-corrected chi connectivity index (χ0v) is 13.4. The van der Waals surface area contributed by atoms with Crippen LogP contribution in [-0.2, 0) is 0 Å². The maximum atomic E-state index is 10.9. The molecule has 0 amide bonds. The number of unbranched alkanes of at least 4 members (excludes halogenated alkanes) is 1. The first-order valence-corrected chi connectivity index (χ1v) is 7.62. The Morgan fingerprint density at radius 1 is 1.22 bits per heavy atom. The highest BCUT2D eigenvalue weighted by atomic mass is 16.6. The van der Waals surface area contributed by atoms with E-state index in [-0.39, 0.29) is 5.69 Å². The SMILES string of the molecule is CCCCOc1ccc(C=Nc2cccc([N+](=O)[O-])c2C)cc1. The smallest absolute Gasteiger partial charge is 0.274 e. The first-order chi connectivity index (χ1) is 11.1. The van der Waals surface area contributed by atoms with Crippen molar-refractivity contribution in [2.45, 2.75) is 26.7 Å². The quantitative estimate of drug-likeness (QED) is 0.318. The molecule has 0 fully saturated rings. The van der Waals surface area contributed by atoms with Gasteiger partial charge in [0.25, 0.3) is 5.69 Å². The lowest BCUT2D eigenvalue weighted by molar-refractivity contribution is -0.385. The lowest BCUT2D eigenvalue weighted by atomic mass is 10.1. The summed E-state index contributed by atoms with van der Waals surface area (Å²) in [6.07, 6.45) is 3.84. The van der Waals surface area contributed by atoms with Gasteiger partial charge in [-0.3, -0.25) is 15.1 Å². The van der Waals surface area contributed by atoms with Gasteiger partial charge in [0.15, 0.2) is 0 Å². The molecule has 0 unspecified atom stereocenters. The fraction of sp³-hybridized carbons (Fsp3) is 0.278. The van der Waals surface area contributed by atoms with E-state index in [0.717, 1.165) is 30.8 Å². The Labute approximate surface area is 135 Å². The Kier molecular flexibility index (Phi) is 5.86. The van der Waals surface area contributed by atoms with Crippen LogP contribution in [0.2, 0.25) is 0 Å². The van der Waals surface area contributed by atoms with E-state index in [2.05, 4.69) is 11.9 Å². The van der Waals surface area contributed by atoms with Crippen LogP contribution in [0.25, 0.3) is 0 Å². The van der Waals surface area contributed by atoms with E-state index in [1.807, 2.05) is 24.3 Å². The van der Waals surface area contributed by atoms with Crippen molar-refractivity contribution in [1.82, 2.24) is 0 Å². The summed E-state index contributed by atoms with van der Waals surface area (Å²) in [7, 11) is 0. The number of hydrogen-bond acceptors (Lipinski definition) is 4. The van der Waals surface area contributed by atoms with Gasteiger partial charge in [-0.25, -0.2) is 0 Å². The molecule has 0 N–H and O–H groups in total. The van der Waals surface area contributed by atoms with Crippen molar-refractivity contribution in [1.29, 1.82) is 0 Å². The van der Waals surface area contributed by atoms with E-state index >= 15 is 0 Å². The number of nitrogens with zero attached hydrogens (tertiary/aromatic N) is 2. The second-order valence-corrected chi connectivity index (χ2v) is 5.21. The Balaban J connectivity index is 2.08. The van der Waals surface area contributed by atoms with Crippen molar-refractivity contribution < 1.29 is 9.66 Å². The van der Waals surface area contributed by atoms with Crippen LogP contribution in [0, 0.1) is 17.0 Å². The highest BCUT2D eigenvalue weighted by Crippen LogP contribution is 2.27. The molecule has 0 aliphatic heterocycles. The molecule has 2 rings (SSSR count). The molecule has 0 atom stereocenters. The zero-order valence-electron chi connectivity index (χ0n) is 13.4. The molecule has 5 nitrogen and oxygen atoms in total. The van der Waals surface area contributed by atoms with Crippen molar-refractivity contribution in [2.24, 2.45) is 4.99 Å². The second kappa shape index (κ2) is 8.08. The molecular weight excluding hydrogens is 292 g/mol. The van der Waals surface area contributed by atoms with Gasteiger partial charge in [-0.15, -0.1) is 0 Å². The molecule has 23 heavy (non-hydrogen) atoms. The highest BCUT2D eigenvalue weighted by molar-refractivity contribution is 5.82. The minimum atomic E-state index is -0.392. The largest absolute Gasteiger partial charge is 0.494 e. The molecular formula is C18H20N2O3. The first kappa shape index (κ1) is 16.7. The molecule has 0 heterocycles. The van der Waals surface area contributed by atoms with Crippen LogP contribution in [0.1, 0.15) is 30.9 Å². The van der Waals surface area contributed by atoms with E-state index in [9.17, 15) is 10.1 Å². The van der Waals surface area contributed by atoms with Crippen LogP contribution in [-0.4, -0.2) is 17.7 Å². The molecule has 120 valence electrons. The van der Waals surface area contributed by atoms with E-state index < -0.39 is 4.92 Å². The van der Waals surface area contributed by atoms with Gasteiger partial charge < -0.3 is 4.74 Å². The van der Waals surface area contributed by atoms with E-state index in [0.29, 0.717) is 11.3 Å². The highest BCUT2D eigenvalue weighted by Gasteiger charge is 2.12. The summed E-state index contributed by atoms with van der Waals surface area (Å²) >= 11 is 0. The predicted molar refractivity (Wildman–Crippen MR) is 91.9 cm³/mol. The molecule has 0 spiro atoms. The second-order valence-electron chi connectivity index (χ2n) is 5.21. The molecule has 0 saturated carbocycles. The summed E-state index contributed by atoms with van der Waals surface area (Å²) in [5.74, 6) is 0.835. The Hall–Kier alpha value is -2.69. The van der Waals surface area contributed by atoms with Crippen molar-refractivity contribution in [3.05, 3.63) is 63.7 Å². The summed E-state index contributed by atoms with van der Waals surface area (Å²) in [5.41, 5.74) is 2.16. The number of aliphatic imine (C=N–C) groups is 1. The van der Waals surface area contributed by atoms with Gasteiger partial charge in [0, 0.05) is 12.3 Å². The van der Waals surface area contributed by atoms with Crippen molar-refractivity contribution >= 4 is 17.6 Å². The van der Waals surface area contributed by atoms with Gasteiger partial charge in [0.05, 0.1) is 22.8 Å². The van der Waals surface area contributed by atoms with E-state index in [1.54, 1.807) is 25.3 Å². The Bertz CT molecular complexity index is 694. The number of benzene rings is 2. The average molecular weight is 312 g/mol. The molecule has 0 aliphatic carbocycles. The van der Waals surface area contributed by atoms with Crippen molar-refractivity contribution in [3.63, 3.8) is 0 Å². The maximum Gasteiger partial charge on any atom is 0.274 e. The van der Waals surface area contributed by atoms with Crippen LogP contribution in [0.3, 0.4) is 0 Å². The lowest BCUT2D eigenvalue weighted by Crippen LogP contribution is -1.96. The van der Waals surface area contributed by atoms with Gasteiger partial charge in [-0.1, -0.05) is 19.4 Å². The molecule has 0 aromatic heterocycles. The van der Waals surface area contributed by atoms with Crippen LogP contribution in [0.4, 0.5) is 11.4 Å². The van der Waals surface area contributed by atoms with Crippen molar-refractivity contribution in [2.75, 3.05) is 6.61 Å². The number of hydrogen-bond donors (Lipinski definition) is 0. The third kappa shape index (κ3) is 4.64. The molecule has 2 aromatic carbocycles. The Morgan fingerprint density at radius 3 is 2.61 bits per heavy atom. The standard InChI is InChI=1S/C18H20N2O3/c1-3-4-12-23-16-10-8-15(9-11-16)13-19-17-6-5-7-18(14(17)2)20(21)22/h5-11,13H,3-4,12H2,1-2H3. The summed E-state index contributed by atoms with van der Waals surface area (Å²) < 4.78 is 5.61. The average Bonchev–Trinajstić information content (AvgIpc) is 2.55. The maximum absolute atomic E-state index is 10.9. The number of nitro benzene ring substituents is 1. The van der Waals surface area contributed by atoms with Crippen molar-refractivity contribution in [3.8, 4) is 5.75 Å². The topological polar surface area (TPSA) is 64.7 Å². The van der Waals surface area contributed by atoms with Gasteiger partial charge >= 0.3 is 0 Å². The summed E-state index contributed by atoms with van der Waals surface area (Å²) in [4.78, 5) is 14.9.